The van der Waals surface area contributed by atoms with Crippen LogP contribution in [-0.4, -0.2) is 24.1 Å². The Bertz CT molecular complexity index is 415. The van der Waals surface area contributed by atoms with Crippen molar-refractivity contribution in [2.75, 3.05) is 6.61 Å². The van der Waals surface area contributed by atoms with Gasteiger partial charge in [-0.3, -0.25) is 0 Å². The summed E-state index contributed by atoms with van der Waals surface area (Å²) in [7, 11) is 0. The molecule has 0 fully saturated rings. The monoisotopic (exact) mass is 221 g/mol. The predicted molar refractivity (Wildman–Crippen MR) is 60.8 cm³/mol. The van der Waals surface area contributed by atoms with Crippen LogP contribution in [0.1, 0.15) is 25.0 Å². The highest BCUT2D eigenvalue weighted by atomic mass is 16.5. The minimum atomic E-state index is 0.200. The molecule has 4 heteroatoms. The Morgan fingerprint density at radius 3 is 3.12 bits per heavy atom. The molecular formula is C12H15NO3. The number of benzene rings is 1. The van der Waals surface area contributed by atoms with E-state index in [2.05, 4.69) is 5.16 Å². The molecule has 1 heterocycles. The quantitative estimate of drug-likeness (QED) is 0.483. The highest BCUT2D eigenvalue weighted by molar-refractivity contribution is 5.84. The van der Waals surface area contributed by atoms with Crippen molar-refractivity contribution in [3.63, 3.8) is 0 Å². The standard InChI is InChI=1S/C12H15NO3/c1-3-15-11-5-9-4-8(2)16-12(9)6-10(11)7-13-14/h5-8,14H,3-4H2,1-2H3/b13-7-/t8-/m1/s1. The van der Waals surface area contributed by atoms with Gasteiger partial charge < -0.3 is 14.7 Å². The van der Waals surface area contributed by atoms with Crippen LogP contribution in [0.5, 0.6) is 11.5 Å². The number of nitrogens with zero attached hydrogens (tertiary/aromatic N) is 1. The van der Waals surface area contributed by atoms with Gasteiger partial charge in [-0.15, -0.1) is 0 Å². The molecule has 0 saturated heterocycles. The average Bonchev–Trinajstić information content (AvgIpc) is 2.58. The molecule has 16 heavy (non-hydrogen) atoms. The van der Waals surface area contributed by atoms with Crippen molar-refractivity contribution in [3.05, 3.63) is 23.3 Å². The van der Waals surface area contributed by atoms with Crippen LogP contribution < -0.4 is 9.47 Å². The van der Waals surface area contributed by atoms with Gasteiger partial charge in [0, 0.05) is 17.5 Å². The molecule has 0 aliphatic carbocycles. The van der Waals surface area contributed by atoms with Gasteiger partial charge in [0.25, 0.3) is 0 Å². The molecule has 4 nitrogen and oxygen atoms in total. The first-order valence-electron chi connectivity index (χ1n) is 5.38. The molecule has 2 rings (SSSR count). The van der Waals surface area contributed by atoms with Gasteiger partial charge in [0.15, 0.2) is 0 Å². The van der Waals surface area contributed by atoms with Gasteiger partial charge in [-0.25, -0.2) is 0 Å². The molecule has 0 saturated carbocycles. The van der Waals surface area contributed by atoms with E-state index in [0.29, 0.717) is 6.61 Å². The minimum absolute atomic E-state index is 0.200. The predicted octanol–water partition coefficient (Wildman–Crippen LogP) is 2.22. The molecular weight excluding hydrogens is 206 g/mol. The molecule has 1 aromatic rings. The summed E-state index contributed by atoms with van der Waals surface area (Å²) in [5, 5.41) is 11.6. The van der Waals surface area contributed by atoms with Crippen LogP contribution in [0.4, 0.5) is 0 Å². The fourth-order valence-electron chi connectivity index (χ4n) is 1.90. The molecule has 0 bridgehead atoms. The molecule has 0 unspecified atom stereocenters. The Hall–Kier alpha value is -1.71. The van der Waals surface area contributed by atoms with Crippen LogP contribution in [0, 0.1) is 0 Å². The molecule has 0 radical (unpaired) electrons. The third-order valence-electron chi connectivity index (χ3n) is 2.53. The zero-order valence-corrected chi connectivity index (χ0v) is 9.43. The first kappa shape index (κ1) is 10.8. The topological polar surface area (TPSA) is 51.0 Å². The molecule has 0 amide bonds. The van der Waals surface area contributed by atoms with Crippen LogP contribution in [0.25, 0.3) is 0 Å². The third kappa shape index (κ3) is 1.96. The summed E-state index contributed by atoms with van der Waals surface area (Å²) in [6.45, 7) is 4.54. The number of hydrogen-bond acceptors (Lipinski definition) is 4. The Morgan fingerprint density at radius 1 is 1.62 bits per heavy atom. The van der Waals surface area contributed by atoms with Crippen LogP contribution in [0.3, 0.4) is 0 Å². The molecule has 1 atom stereocenters. The van der Waals surface area contributed by atoms with E-state index in [1.54, 1.807) is 0 Å². The second-order valence-corrected chi connectivity index (χ2v) is 3.81. The zero-order valence-electron chi connectivity index (χ0n) is 9.43. The lowest BCUT2D eigenvalue weighted by molar-refractivity contribution is 0.254. The molecule has 1 aliphatic rings. The minimum Gasteiger partial charge on any atom is -0.493 e. The van der Waals surface area contributed by atoms with Crippen LogP contribution in [0.15, 0.2) is 17.3 Å². The van der Waals surface area contributed by atoms with Gasteiger partial charge in [0.05, 0.1) is 12.8 Å². The van der Waals surface area contributed by atoms with Crippen molar-refractivity contribution in [2.45, 2.75) is 26.4 Å². The van der Waals surface area contributed by atoms with E-state index < -0.39 is 0 Å². The Morgan fingerprint density at radius 2 is 2.44 bits per heavy atom. The maximum absolute atomic E-state index is 8.59. The Balaban J connectivity index is 2.40. The van der Waals surface area contributed by atoms with Gasteiger partial charge >= 0.3 is 0 Å². The summed E-state index contributed by atoms with van der Waals surface area (Å²) in [4.78, 5) is 0. The molecule has 0 spiro atoms. The van der Waals surface area contributed by atoms with Gasteiger partial charge in [-0.1, -0.05) is 5.16 Å². The smallest absolute Gasteiger partial charge is 0.128 e. The lowest BCUT2D eigenvalue weighted by Crippen LogP contribution is -2.05. The number of rotatable bonds is 3. The number of fused-ring (bicyclic) bond motifs is 1. The van der Waals surface area contributed by atoms with Crippen molar-refractivity contribution in [1.29, 1.82) is 0 Å². The maximum atomic E-state index is 8.59. The maximum Gasteiger partial charge on any atom is 0.128 e. The first-order chi connectivity index (χ1) is 7.74. The van der Waals surface area contributed by atoms with E-state index in [9.17, 15) is 0 Å². The van der Waals surface area contributed by atoms with Crippen molar-refractivity contribution in [3.8, 4) is 11.5 Å². The van der Waals surface area contributed by atoms with Crippen molar-refractivity contribution >= 4 is 6.21 Å². The van der Waals surface area contributed by atoms with Gasteiger partial charge in [-0.05, 0) is 26.0 Å². The lowest BCUT2D eigenvalue weighted by Gasteiger charge is -2.09. The average molecular weight is 221 g/mol. The summed E-state index contributed by atoms with van der Waals surface area (Å²) >= 11 is 0. The summed E-state index contributed by atoms with van der Waals surface area (Å²) < 4.78 is 11.1. The van der Waals surface area contributed by atoms with Gasteiger partial charge in [-0.2, -0.15) is 0 Å². The second kappa shape index (κ2) is 4.43. The fourth-order valence-corrected chi connectivity index (χ4v) is 1.90. The number of oxime groups is 1. The SMILES string of the molecule is CCOc1cc2c(cc1/C=N\O)O[C@H](C)C2. The summed E-state index contributed by atoms with van der Waals surface area (Å²) in [6.07, 6.45) is 2.45. The van der Waals surface area contributed by atoms with Crippen molar-refractivity contribution in [1.82, 2.24) is 0 Å². The second-order valence-electron chi connectivity index (χ2n) is 3.81. The van der Waals surface area contributed by atoms with Crippen LogP contribution in [-0.2, 0) is 6.42 Å². The molecule has 1 aliphatic heterocycles. The highest BCUT2D eigenvalue weighted by Crippen LogP contribution is 2.34. The van der Waals surface area contributed by atoms with E-state index in [0.717, 1.165) is 29.0 Å². The molecule has 86 valence electrons. The summed E-state index contributed by atoms with van der Waals surface area (Å²) in [5.74, 6) is 1.59. The summed E-state index contributed by atoms with van der Waals surface area (Å²) in [6, 6.07) is 3.81. The van der Waals surface area contributed by atoms with Gasteiger partial charge in [0.1, 0.15) is 17.6 Å². The number of hydrogen-bond donors (Lipinski definition) is 1. The Kier molecular flexibility index (Phi) is 2.99. The fraction of sp³-hybridized carbons (Fsp3) is 0.417. The normalized spacial score (nSPS) is 18.5. The van der Waals surface area contributed by atoms with E-state index in [-0.39, 0.29) is 6.10 Å². The van der Waals surface area contributed by atoms with E-state index in [1.165, 1.54) is 6.21 Å². The third-order valence-corrected chi connectivity index (χ3v) is 2.53. The van der Waals surface area contributed by atoms with E-state index in [4.69, 9.17) is 14.7 Å². The zero-order chi connectivity index (χ0) is 11.5. The largest absolute Gasteiger partial charge is 0.493 e. The van der Waals surface area contributed by atoms with E-state index in [1.807, 2.05) is 26.0 Å². The lowest BCUT2D eigenvalue weighted by atomic mass is 10.1. The summed E-state index contributed by atoms with van der Waals surface area (Å²) in [5.41, 5.74) is 1.88. The highest BCUT2D eigenvalue weighted by Gasteiger charge is 2.21. The molecule has 0 aromatic heterocycles. The van der Waals surface area contributed by atoms with Crippen molar-refractivity contribution < 1.29 is 14.7 Å². The van der Waals surface area contributed by atoms with Crippen LogP contribution >= 0.6 is 0 Å². The first-order valence-corrected chi connectivity index (χ1v) is 5.38. The Labute approximate surface area is 94.5 Å². The van der Waals surface area contributed by atoms with Crippen LogP contribution in [0.2, 0.25) is 0 Å². The molecule has 1 aromatic carbocycles. The molecule has 1 N–H and O–H groups in total. The van der Waals surface area contributed by atoms with Crippen molar-refractivity contribution in [2.24, 2.45) is 5.16 Å². The van der Waals surface area contributed by atoms with E-state index >= 15 is 0 Å². The number of ether oxygens (including phenoxy) is 2. The van der Waals surface area contributed by atoms with Gasteiger partial charge in [0.2, 0.25) is 0 Å².